The maximum atomic E-state index is 12.6. The van der Waals surface area contributed by atoms with E-state index in [9.17, 15) is 19.8 Å². The number of carbonyl (C=O) groups is 2. The highest BCUT2D eigenvalue weighted by molar-refractivity contribution is 5.96. The Hall–Kier alpha value is -0.940. The van der Waals surface area contributed by atoms with Crippen LogP contribution in [0.5, 0.6) is 0 Å². The molecule has 0 spiro atoms. The van der Waals surface area contributed by atoms with Crippen molar-refractivity contribution >= 4 is 11.8 Å². The topological polar surface area (TPSA) is 83.8 Å². The molecule has 1 rings (SSSR count). The number of esters is 1. The van der Waals surface area contributed by atoms with Crippen molar-refractivity contribution < 1.29 is 24.5 Å². The van der Waals surface area contributed by atoms with Crippen molar-refractivity contribution in [2.45, 2.75) is 71.3 Å². The molecular weight excluding hydrogens is 296 g/mol. The van der Waals surface area contributed by atoms with Gasteiger partial charge in [0, 0.05) is 18.4 Å². The summed E-state index contributed by atoms with van der Waals surface area (Å²) in [5.41, 5.74) is 0. The Balaban J connectivity index is 2.78. The van der Waals surface area contributed by atoms with Crippen LogP contribution in [0.2, 0.25) is 0 Å². The zero-order valence-electron chi connectivity index (χ0n) is 14.5. The Kier molecular flexibility index (Phi) is 9.41. The van der Waals surface area contributed by atoms with E-state index in [1.807, 2.05) is 6.92 Å². The van der Waals surface area contributed by atoms with Crippen LogP contribution in [0.15, 0.2) is 0 Å². The predicted octanol–water partition coefficient (Wildman–Crippen LogP) is 2.47. The van der Waals surface area contributed by atoms with E-state index < -0.39 is 12.1 Å². The van der Waals surface area contributed by atoms with Crippen LogP contribution in [-0.2, 0) is 14.3 Å². The van der Waals surface area contributed by atoms with Crippen LogP contribution in [0, 0.1) is 17.8 Å². The molecule has 1 aliphatic rings. The zero-order valence-corrected chi connectivity index (χ0v) is 14.5. The lowest BCUT2D eigenvalue weighted by Gasteiger charge is -2.32. The molecule has 23 heavy (non-hydrogen) atoms. The van der Waals surface area contributed by atoms with Crippen LogP contribution < -0.4 is 0 Å². The Morgan fingerprint density at radius 3 is 2.35 bits per heavy atom. The molecule has 1 saturated carbocycles. The van der Waals surface area contributed by atoms with Crippen LogP contribution in [0.1, 0.15) is 65.2 Å². The Bertz CT molecular complexity index is 362. The van der Waals surface area contributed by atoms with Crippen molar-refractivity contribution in [3.8, 4) is 0 Å². The van der Waals surface area contributed by atoms with Crippen molar-refractivity contribution in [2.24, 2.45) is 17.8 Å². The van der Waals surface area contributed by atoms with Gasteiger partial charge in [0.1, 0.15) is 12.2 Å². The maximum Gasteiger partial charge on any atom is 0.313 e. The summed E-state index contributed by atoms with van der Waals surface area (Å²) >= 11 is 0. The summed E-state index contributed by atoms with van der Waals surface area (Å²) < 4.78 is 4.89. The molecule has 3 atom stereocenters. The SMILES string of the molecule is CCOC(=O)CC(=O)C(CC(CO)C(O)CC)C1CCCCC1. The maximum absolute atomic E-state index is 12.6. The summed E-state index contributed by atoms with van der Waals surface area (Å²) in [6, 6.07) is 0. The van der Waals surface area contributed by atoms with E-state index in [-0.39, 0.29) is 43.2 Å². The molecule has 5 heteroatoms. The fraction of sp³-hybridized carbons (Fsp3) is 0.889. The van der Waals surface area contributed by atoms with Crippen molar-refractivity contribution in [2.75, 3.05) is 13.2 Å². The average Bonchev–Trinajstić information content (AvgIpc) is 2.56. The Labute approximate surface area is 139 Å². The summed E-state index contributed by atoms with van der Waals surface area (Å²) in [7, 11) is 0. The second-order valence-corrected chi connectivity index (χ2v) is 6.61. The Morgan fingerprint density at radius 1 is 1.17 bits per heavy atom. The lowest BCUT2D eigenvalue weighted by atomic mass is 9.73. The molecule has 0 heterocycles. The highest BCUT2D eigenvalue weighted by Gasteiger charge is 2.34. The molecule has 5 nitrogen and oxygen atoms in total. The van der Waals surface area contributed by atoms with E-state index in [4.69, 9.17) is 4.74 Å². The van der Waals surface area contributed by atoms with E-state index in [0.717, 1.165) is 25.7 Å². The molecule has 134 valence electrons. The molecular formula is C18H32O5. The highest BCUT2D eigenvalue weighted by atomic mass is 16.5. The number of rotatable bonds is 10. The molecule has 1 aliphatic carbocycles. The summed E-state index contributed by atoms with van der Waals surface area (Å²) in [4.78, 5) is 24.3. The predicted molar refractivity (Wildman–Crippen MR) is 87.8 cm³/mol. The molecule has 0 aromatic heterocycles. The molecule has 0 aromatic rings. The largest absolute Gasteiger partial charge is 0.466 e. The molecule has 2 N–H and O–H groups in total. The number of aliphatic hydroxyl groups excluding tert-OH is 2. The minimum absolute atomic E-state index is 0.0999. The lowest BCUT2D eigenvalue weighted by Crippen LogP contribution is -2.34. The molecule has 3 unspecified atom stereocenters. The first-order valence-corrected chi connectivity index (χ1v) is 9.00. The van der Waals surface area contributed by atoms with Crippen molar-refractivity contribution in [1.82, 2.24) is 0 Å². The van der Waals surface area contributed by atoms with E-state index in [1.54, 1.807) is 6.92 Å². The van der Waals surface area contributed by atoms with Gasteiger partial charge < -0.3 is 14.9 Å². The number of hydrogen-bond acceptors (Lipinski definition) is 5. The molecule has 0 amide bonds. The van der Waals surface area contributed by atoms with Gasteiger partial charge in [0.15, 0.2) is 0 Å². The van der Waals surface area contributed by atoms with Gasteiger partial charge in [0.25, 0.3) is 0 Å². The summed E-state index contributed by atoms with van der Waals surface area (Å²) in [6.07, 6.45) is 5.57. The second-order valence-electron chi connectivity index (χ2n) is 6.61. The smallest absolute Gasteiger partial charge is 0.313 e. The van der Waals surface area contributed by atoms with Gasteiger partial charge in [-0.25, -0.2) is 0 Å². The first-order valence-electron chi connectivity index (χ1n) is 9.00. The van der Waals surface area contributed by atoms with E-state index in [2.05, 4.69) is 0 Å². The van der Waals surface area contributed by atoms with Crippen LogP contribution in [0.3, 0.4) is 0 Å². The van der Waals surface area contributed by atoms with Crippen LogP contribution in [-0.4, -0.2) is 41.3 Å². The number of Topliss-reactive ketones (excluding diaryl/α,β-unsaturated/α-hetero) is 1. The number of ether oxygens (including phenoxy) is 1. The fourth-order valence-electron chi connectivity index (χ4n) is 3.62. The van der Waals surface area contributed by atoms with Crippen LogP contribution >= 0.6 is 0 Å². The number of carbonyl (C=O) groups excluding carboxylic acids is 2. The fourth-order valence-corrected chi connectivity index (χ4v) is 3.62. The molecule has 0 bridgehead atoms. The number of hydrogen-bond donors (Lipinski definition) is 2. The normalized spacial score (nSPS) is 19.8. The third-order valence-electron chi connectivity index (χ3n) is 5.01. The van der Waals surface area contributed by atoms with Gasteiger partial charge in [0.2, 0.25) is 0 Å². The Morgan fingerprint density at radius 2 is 1.83 bits per heavy atom. The summed E-state index contributed by atoms with van der Waals surface area (Å²) in [5.74, 6) is -0.896. The van der Waals surface area contributed by atoms with Gasteiger partial charge in [0.05, 0.1) is 12.7 Å². The number of aliphatic hydroxyl groups is 2. The van der Waals surface area contributed by atoms with Gasteiger partial charge >= 0.3 is 5.97 Å². The molecule has 0 saturated heterocycles. The van der Waals surface area contributed by atoms with Gasteiger partial charge in [-0.15, -0.1) is 0 Å². The van der Waals surface area contributed by atoms with E-state index in [0.29, 0.717) is 12.8 Å². The second kappa shape index (κ2) is 10.8. The van der Waals surface area contributed by atoms with Crippen molar-refractivity contribution in [3.05, 3.63) is 0 Å². The minimum Gasteiger partial charge on any atom is -0.466 e. The third kappa shape index (κ3) is 6.60. The summed E-state index contributed by atoms with van der Waals surface area (Å²) in [5, 5.41) is 19.6. The lowest BCUT2D eigenvalue weighted by molar-refractivity contribution is -0.147. The van der Waals surface area contributed by atoms with Gasteiger partial charge in [-0.05, 0) is 38.5 Å². The van der Waals surface area contributed by atoms with Crippen molar-refractivity contribution in [1.29, 1.82) is 0 Å². The third-order valence-corrected chi connectivity index (χ3v) is 5.01. The van der Waals surface area contributed by atoms with E-state index >= 15 is 0 Å². The molecule has 0 radical (unpaired) electrons. The van der Waals surface area contributed by atoms with E-state index in [1.165, 1.54) is 6.42 Å². The zero-order chi connectivity index (χ0) is 17.2. The van der Waals surface area contributed by atoms with Crippen molar-refractivity contribution in [3.63, 3.8) is 0 Å². The van der Waals surface area contributed by atoms with Gasteiger partial charge in [-0.2, -0.15) is 0 Å². The molecule has 0 aromatic carbocycles. The van der Waals surface area contributed by atoms with Gasteiger partial charge in [-0.1, -0.05) is 26.2 Å². The van der Waals surface area contributed by atoms with Gasteiger partial charge in [-0.3, -0.25) is 9.59 Å². The first kappa shape index (κ1) is 20.1. The standard InChI is InChI=1S/C18H32O5/c1-3-16(20)14(12-19)10-15(13-8-6-5-7-9-13)17(21)11-18(22)23-4-2/h13-16,19-20H,3-12H2,1-2H3. The van der Waals surface area contributed by atoms with Crippen LogP contribution in [0.4, 0.5) is 0 Å². The highest BCUT2D eigenvalue weighted by Crippen LogP contribution is 2.35. The van der Waals surface area contributed by atoms with Crippen LogP contribution in [0.25, 0.3) is 0 Å². The summed E-state index contributed by atoms with van der Waals surface area (Å²) in [6.45, 7) is 3.72. The average molecular weight is 328 g/mol. The minimum atomic E-state index is -0.610. The quantitative estimate of drug-likeness (QED) is 0.475. The molecule has 0 aliphatic heterocycles. The monoisotopic (exact) mass is 328 g/mol. The number of ketones is 1. The molecule has 1 fully saturated rings. The first-order chi connectivity index (χ1) is 11.0.